The summed E-state index contributed by atoms with van der Waals surface area (Å²) in [6.07, 6.45) is -29.6. The normalized spacial score (nSPS) is 54.0. The zero-order valence-corrected chi connectivity index (χ0v) is 39.0. The third-order valence-corrected chi connectivity index (χ3v) is 14.4. The molecule has 6 fully saturated rings. The highest BCUT2D eigenvalue weighted by Crippen LogP contribution is 2.44. The van der Waals surface area contributed by atoms with Crippen LogP contribution in [0.3, 0.4) is 0 Å². The monoisotopic (exact) mass is 1040 g/mol. The Labute approximate surface area is 405 Å². The highest BCUT2D eigenvalue weighted by Gasteiger charge is 2.66. The predicted molar refractivity (Wildman–Crippen MR) is 228 cm³/mol. The molecule has 6 heterocycles. The zero-order chi connectivity index (χ0) is 53.4. The van der Waals surface area contributed by atoms with E-state index in [-0.39, 0.29) is 0 Å². The van der Waals surface area contributed by atoms with Gasteiger partial charge in [-0.2, -0.15) is 0 Å². The van der Waals surface area contributed by atoms with Crippen molar-refractivity contribution in [2.24, 2.45) is 34.4 Å². The fraction of sp³-hybridized carbons (Fsp3) is 1.00. The third kappa shape index (κ3) is 11.8. The number of aliphatic hydroxyl groups excluding tert-OH is 14. The third-order valence-electron chi connectivity index (χ3n) is 14.4. The summed E-state index contributed by atoms with van der Waals surface area (Å²) in [5.41, 5.74) is 29.8. The summed E-state index contributed by atoms with van der Waals surface area (Å²) in [5, 5.41) is 162. The minimum Gasteiger partial charge on any atom is -0.394 e. The van der Waals surface area contributed by atoms with Crippen molar-refractivity contribution in [3.8, 4) is 0 Å². The lowest BCUT2D eigenvalue weighted by Gasteiger charge is -2.58. The van der Waals surface area contributed by atoms with Crippen molar-refractivity contribution < 1.29 is 129 Å². The number of nitrogens with two attached hydrogens (primary N) is 6. The van der Waals surface area contributed by atoms with E-state index in [4.69, 9.17) is 81.8 Å². The molecule has 0 aromatic rings. The maximum absolute atomic E-state index is 11.0. The Bertz CT molecular complexity index is 1640. The minimum absolute atomic E-state index is 0.651. The fourth-order valence-electron chi connectivity index (χ4n) is 9.01. The van der Waals surface area contributed by atoms with Crippen LogP contribution >= 0.6 is 0 Å². The molecular formula is C39H76N6O26. The van der Waals surface area contributed by atoms with Crippen LogP contribution in [0.15, 0.2) is 0 Å². The first-order valence-electron chi connectivity index (χ1n) is 22.8. The van der Waals surface area contributed by atoms with Gasteiger partial charge in [-0.25, -0.2) is 0 Å². The van der Waals surface area contributed by atoms with Crippen LogP contribution in [-0.4, -0.2) is 304 Å². The molecule has 6 saturated heterocycles. The summed E-state index contributed by atoms with van der Waals surface area (Å²) >= 11 is 0. The average Bonchev–Trinajstić information content (AvgIpc) is 3.34. The molecule has 0 saturated carbocycles. The average molecular weight is 1050 g/mol. The van der Waals surface area contributed by atoms with E-state index in [9.17, 15) is 81.7 Å². The molecule has 0 aliphatic carbocycles. The van der Waals surface area contributed by atoms with Crippen LogP contribution in [0.4, 0.5) is 0 Å². The van der Waals surface area contributed by atoms with Gasteiger partial charge < -0.3 is 163 Å². The Hall–Kier alpha value is -1.28. The topological polar surface area (TPSA) is 572 Å². The van der Waals surface area contributed by atoms with Crippen molar-refractivity contribution in [1.82, 2.24) is 0 Å². The van der Waals surface area contributed by atoms with Crippen molar-refractivity contribution >= 4 is 0 Å². The van der Waals surface area contributed by atoms with E-state index in [1.54, 1.807) is 0 Å². The smallest absolute Gasteiger partial charge is 0.177 e. The van der Waals surface area contributed by atoms with Crippen LogP contribution in [0.5, 0.6) is 0 Å². The Morgan fingerprint density at radius 1 is 0.394 bits per heavy atom. The lowest BCUT2D eigenvalue weighted by Crippen LogP contribution is -2.79. The summed E-state index contributed by atoms with van der Waals surface area (Å²) in [6, 6.07) is -7.89. The first kappa shape index (κ1) is 60.6. The first-order valence-corrected chi connectivity index (χ1v) is 22.8. The number of ether oxygens (including phenoxy) is 10. The number of hydrogen-bond donors (Lipinski definition) is 22. The van der Waals surface area contributed by atoms with Crippen molar-refractivity contribution in [2.75, 3.05) is 39.6 Å². The number of hydrogen-bond acceptors (Lipinski definition) is 32. The second-order valence-electron chi connectivity index (χ2n) is 19.0. The highest BCUT2D eigenvalue weighted by atomic mass is 16.8. The molecular weight excluding hydrogens is 968 g/mol. The van der Waals surface area contributed by atoms with E-state index in [0.29, 0.717) is 0 Å². The fourth-order valence-corrected chi connectivity index (χ4v) is 9.01. The van der Waals surface area contributed by atoms with E-state index in [1.807, 2.05) is 0 Å². The predicted octanol–water partition coefficient (Wildman–Crippen LogP) is -14.2. The number of aliphatic hydroxyl groups is 16. The molecule has 4 unspecified atom stereocenters. The van der Waals surface area contributed by atoms with Crippen LogP contribution in [0.1, 0.15) is 20.8 Å². The lowest BCUT2D eigenvalue weighted by molar-refractivity contribution is -0.385. The van der Waals surface area contributed by atoms with Crippen molar-refractivity contribution in [3.63, 3.8) is 0 Å². The molecule has 32 nitrogen and oxygen atoms in total. The van der Waals surface area contributed by atoms with Gasteiger partial charge in [0.05, 0.1) is 75.9 Å². The maximum atomic E-state index is 11.0. The van der Waals surface area contributed by atoms with Crippen LogP contribution < -0.4 is 34.4 Å². The standard InChI is InChI=1S/C21H41N3O13.C18H35N3O13/c1-19(6-27)21(3,32)20(2,31)15(24)18(37-19)36-14-8(5-26)34-17(10(23)12(14)29)35-13-7(4-25)33-16(30)9(22)11(13)28;19-7-12(27)14(5(2-23)30-16(7)29)33-18-9(21)13(28)15(6(3-24)32-18)34-17-8(20)11(26)10(25)4(1-22)31-17/h7-18,25-32H,4-6,22-24H2,1-3H3;4-18,22-29H,1-3,19-21H2/t7-,8-,9-,10-,11-,12-,13?,14?,15+,16-,17+,18+,19-,20-,21-;4-,5-,6-,7-,8-,9-,10-,11-,12-,13-,14?,15?,16-,17+,18+/m11/s1. The molecule has 6 aliphatic heterocycles. The van der Waals surface area contributed by atoms with E-state index in [2.05, 4.69) is 0 Å². The van der Waals surface area contributed by atoms with Gasteiger partial charge in [-0.3, -0.25) is 0 Å². The van der Waals surface area contributed by atoms with Gasteiger partial charge in [0.25, 0.3) is 0 Å². The summed E-state index contributed by atoms with van der Waals surface area (Å²) in [7, 11) is 0. The quantitative estimate of drug-likeness (QED) is 0.0768. The molecule has 6 aliphatic rings. The van der Waals surface area contributed by atoms with Gasteiger partial charge in [-0.1, -0.05) is 0 Å². The Morgan fingerprint density at radius 2 is 0.690 bits per heavy atom. The van der Waals surface area contributed by atoms with Crippen molar-refractivity contribution in [1.29, 1.82) is 0 Å². The molecule has 6 rings (SSSR count). The van der Waals surface area contributed by atoms with Gasteiger partial charge in [-0.15, -0.1) is 0 Å². The second kappa shape index (κ2) is 24.4. The van der Waals surface area contributed by atoms with Gasteiger partial charge in [0.2, 0.25) is 0 Å². The van der Waals surface area contributed by atoms with Crippen LogP contribution in [0.25, 0.3) is 0 Å². The summed E-state index contributed by atoms with van der Waals surface area (Å²) in [5.74, 6) is 0. The first-order chi connectivity index (χ1) is 33.1. The van der Waals surface area contributed by atoms with Gasteiger partial charge in [-0.05, 0) is 20.8 Å². The maximum Gasteiger partial charge on any atom is 0.177 e. The van der Waals surface area contributed by atoms with E-state index in [0.717, 1.165) is 0 Å². The molecule has 0 aromatic heterocycles. The molecule has 71 heavy (non-hydrogen) atoms. The SMILES string of the molecule is C[C@@]1(O)[C@@](C)(CO)O[C@H](OC2[C@@H](CO)O[C@@H](OC3[C@@H](CO)O[C@@H](O)[C@H](N)[C@H]3O)[C@H](N)[C@H]2O)[C@H](N)[C@@]1(C)O.N[C@H]1[C@H](OC2[C@@H](CO)O[C@@H](OC3[C@@H](CO)O[C@@H](O)[C@H](N)[C@H]3O)[C@H](N)[C@H]2O)O[C@H](CO)[C@@H](O)[C@@H]1O. The van der Waals surface area contributed by atoms with E-state index >= 15 is 0 Å². The number of rotatable bonds is 14. The van der Waals surface area contributed by atoms with Gasteiger partial charge in [0.1, 0.15) is 108 Å². The summed E-state index contributed by atoms with van der Waals surface area (Å²) in [4.78, 5) is 0. The molecule has 418 valence electrons. The lowest BCUT2D eigenvalue weighted by atomic mass is 9.68. The van der Waals surface area contributed by atoms with E-state index < -0.39 is 222 Å². The van der Waals surface area contributed by atoms with Crippen molar-refractivity contribution in [3.05, 3.63) is 0 Å². The molecule has 30 atom stereocenters. The molecule has 0 spiro atoms. The summed E-state index contributed by atoms with van der Waals surface area (Å²) in [6.45, 7) is -0.259. The van der Waals surface area contributed by atoms with Gasteiger partial charge in [0.15, 0.2) is 37.7 Å². The van der Waals surface area contributed by atoms with Crippen LogP contribution in [0.2, 0.25) is 0 Å². The molecule has 0 aromatic carbocycles. The van der Waals surface area contributed by atoms with Gasteiger partial charge >= 0.3 is 0 Å². The molecule has 0 amide bonds. The Kier molecular flexibility index (Phi) is 20.8. The molecule has 0 radical (unpaired) electrons. The largest absolute Gasteiger partial charge is 0.394 e. The second-order valence-corrected chi connectivity index (χ2v) is 19.0. The van der Waals surface area contributed by atoms with E-state index in [1.165, 1.54) is 20.8 Å². The molecule has 32 heteroatoms. The molecule has 0 bridgehead atoms. The van der Waals surface area contributed by atoms with Crippen LogP contribution in [0, 0.1) is 0 Å². The highest BCUT2D eigenvalue weighted by molar-refractivity contribution is 5.15. The minimum atomic E-state index is -2.03. The Balaban J connectivity index is 0.000000265. The van der Waals surface area contributed by atoms with Crippen molar-refractivity contribution in [2.45, 2.75) is 203 Å². The Morgan fingerprint density at radius 3 is 1.03 bits per heavy atom. The molecule has 28 N–H and O–H groups in total. The zero-order valence-electron chi connectivity index (χ0n) is 39.0. The van der Waals surface area contributed by atoms with Gasteiger partial charge in [0, 0.05) is 0 Å². The summed E-state index contributed by atoms with van der Waals surface area (Å²) < 4.78 is 55.5. The van der Waals surface area contributed by atoms with Crippen LogP contribution in [-0.2, 0) is 47.4 Å².